The van der Waals surface area contributed by atoms with Gasteiger partial charge < -0.3 is 19.1 Å². The van der Waals surface area contributed by atoms with E-state index in [-0.39, 0.29) is 11.9 Å². The Bertz CT molecular complexity index is 1330. The van der Waals surface area contributed by atoms with Crippen LogP contribution >= 0.6 is 0 Å². The molecular formula is C29H29N3O4. The molecule has 0 radical (unpaired) electrons. The van der Waals surface area contributed by atoms with Crippen LogP contribution in [0.3, 0.4) is 0 Å². The first-order valence-corrected chi connectivity index (χ1v) is 12.0. The molecule has 36 heavy (non-hydrogen) atoms. The third kappa shape index (κ3) is 4.40. The van der Waals surface area contributed by atoms with Gasteiger partial charge in [0.15, 0.2) is 0 Å². The molecule has 0 spiro atoms. The average Bonchev–Trinajstić information content (AvgIpc) is 3.47. The Hall–Kier alpha value is -4.26. The summed E-state index contributed by atoms with van der Waals surface area (Å²) in [7, 11) is 3.30. The number of rotatable bonds is 9. The molecule has 1 aliphatic rings. The summed E-state index contributed by atoms with van der Waals surface area (Å²) in [5.74, 6) is 2.34. The molecule has 184 valence electrons. The van der Waals surface area contributed by atoms with Crippen molar-refractivity contribution in [1.29, 1.82) is 0 Å². The van der Waals surface area contributed by atoms with Crippen LogP contribution in [0.25, 0.3) is 11.3 Å². The van der Waals surface area contributed by atoms with E-state index in [0.717, 1.165) is 51.6 Å². The quantitative estimate of drug-likeness (QED) is 0.351. The number of carbonyl (C=O) groups excluding carboxylic acids is 1. The number of hydrogen-bond acceptors (Lipinski definition) is 5. The molecule has 7 heteroatoms. The van der Waals surface area contributed by atoms with Crippen LogP contribution in [-0.2, 0) is 6.42 Å². The summed E-state index contributed by atoms with van der Waals surface area (Å²) >= 11 is 0. The van der Waals surface area contributed by atoms with Gasteiger partial charge in [0, 0.05) is 17.7 Å². The first-order valence-electron chi connectivity index (χ1n) is 12.0. The fourth-order valence-electron chi connectivity index (χ4n) is 4.70. The van der Waals surface area contributed by atoms with Gasteiger partial charge in [-0.1, -0.05) is 24.3 Å². The van der Waals surface area contributed by atoms with Crippen LogP contribution in [0.2, 0.25) is 0 Å². The lowest BCUT2D eigenvalue weighted by Gasteiger charge is -2.26. The number of H-pyrrole nitrogens is 1. The first kappa shape index (κ1) is 23.5. The van der Waals surface area contributed by atoms with E-state index in [4.69, 9.17) is 14.2 Å². The lowest BCUT2D eigenvalue weighted by atomic mass is 9.95. The van der Waals surface area contributed by atoms with Gasteiger partial charge in [0.05, 0.1) is 32.6 Å². The maximum Gasteiger partial charge on any atom is 0.273 e. The molecule has 1 amide bonds. The normalized spacial score (nSPS) is 14.6. The molecule has 1 N–H and O–H groups in total. The Kier molecular flexibility index (Phi) is 6.62. The van der Waals surface area contributed by atoms with Crippen molar-refractivity contribution >= 4 is 5.91 Å². The minimum Gasteiger partial charge on any atom is -0.497 e. The molecule has 1 atom stereocenters. The SMILES string of the molecule is CCOc1ccc(C2c3c(-c4ccc(OC)cc4)n[nH]c3C(=O)N2CCc2ccc(OC)cc2)cc1. The van der Waals surface area contributed by atoms with Crippen LogP contribution in [0.4, 0.5) is 0 Å². The second-order valence-corrected chi connectivity index (χ2v) is 8.59. The van der Waals surface area contributed by atoms with Crippen LogP contribution in [0.1, 0.15) is 40.1 Å². The van der Waals surface area contributed by atoms with Crippen molar-refractivity contribution in [3.8, 4) is 28.5 Å². The van der Waals surface area contributed by atoms with E-state index in [1.54, 1.807) is 14.2 Å². The van der Waals surface area contributed by atoms with Gasteiger partial charge in [0.2, 0.25) is 0 Å². The summed E-state index contributed by atoms with van der Waals surface area (Å²) in [6, 6.07) is 23.4. The molecule has 0 saturated heterocycles. The highest BCUT2D eigenvalue weighted by molar-refractivity contribution is 6.00. The zero-order chi connectivity index (χ0) is 25.1. The molecule has 2 heterocycles. The summed E-state index contributed by atoms with van der Waals surface area (Å²) < 4.78 is 16.2. The lowest BCUT2D eigenvalue weighted by Crippen LogP contribution is -2.31. The molecule has 1 aliphatic heterocycles. The van der Waals surface area contributed by atoms with Crippen LogP contribution in [0.5, 0.6) is 17.2 Å². The number of ether oxygens (including phenoxy) is 3. The van der Waals surface area contributed by atoms with Crippen LogP contribution < -0.4 is 14.2 Å². The van der Waals surface area contributed by atoms with Gasteiger partial charge in [0.25, 0.3) is 5.91 Å². The maximum absolute atomic E-state index is 13.6. The molecule has 3 aromatic carbocycles. The summed E-state index contributed by atoms with van der Waals surface area (Å²) in [5, 5.41) is 7.58. The highest BCUT2D eigenvalue weighted by Crippen LogP contribution is 2.43. The van der Waals surface area contributed by atoms with E-state index in [2.05, 4.69) is 10.2 Å². The first-order chi connectivity index (χ1) is 17.6. The van der Waals surface area contributed by atoms with Gasteiger partial charge in [-0.25, -0.2) is 0 Å². The topological polar surface area (TPSA) is 76.7 Å². The van der Waals surface area contributed by atoms with Crippen molar-refractivity contribution in [2.75, 3.05) is 27.4 Å². The number of nitrogens with one attached hydrogen (secondary N) is 1. The largest absolute Gasteiger partial charge is 0.497 e. The van der Waals surface area contributed by atoms with Crippen LogP contribution in [0, 0.1) is 0 Å². The fourth-order valence-corrected chi connectivity index (χ4v) is 4.70. The Balaban J connectivity index is 1.51. The third-order valence-electron chi connectivity index (χ3n) is 6.53. The van der Waals surface area contributed by atoms with E-state index in [1.807, 2.05) is 84.6 Å². The lowest BCUT2D eigenvalue weighted by molar-refractivity contribution is 0.0746. The smallest absolute Gasteiger partial charge is 0.273 e. The molecule has 0 aliphatic carbocycles. The average molecular weight is 484 g/mol. The van der Waals surface area contributed by atoms with Crippen molar-refractivity contribution in [2.24, 2.45) is 0 Å². The van der Waals surface area contributed by atoms with Gasteiger partial charge in [-0.15, -0.1) is 0 Å². The highest BCUT2D eigenvalue weighted by Gasteiger charge is 2.41. The number of fused-ring (bicyclic) bond motifs is 1. The van der Waals surface area contributed by atoms with Crippen molar-refractivity contribution in [1.82, 2.24) is 15.1 Å². The van der Waals surface area contributed by atoms with Crippen molar-refractivity contribution in [3.05, 3.63) is 95.2 Å². The molecule has 4 aromatic rings. The number of carbonyl (C=O) groups is 1. The van der Waals surface area contributed by atoms with Gasteiger partial charge in [0.1, 0.15) is 22.9 Å². The minimum atomic E-state index is -0.266. The molecule has 1 unspecified atom stereocenters. The van der Waals surface area contributed by atoms with E-state index in [1.165, 1.54) is 0 Å². The zero-order valence-electron chi connectivity index (χ0n) is 20.7. The van der Waals surface area contributed by atoms with Crippen molar-refractivity contribution < 1.29 is 19.0 Å². The van der Waals surface area contributed by atoms with Gasteiger partial charge in [-0.3, -0.25) is 9.89 Å². The van der Waals surface area contributed by atoms with E-state index in [9.17, 15) is 4.79 Å². The van der Waals surface area contributed by atoms with Gasteiger partial charge >= 0.3 is 0 Å². The van der Waals surface area contributed by atoms with Crippen LogP contribution in [0.15, 0.2) is 72.8 Å². The molecule has 0 saturated carbocycles. The fraction of sp³-hybridized carbons (Fsp3) is 0.241. The standard InChI is InChI=1S/C29H29N3O4/c1-4-36-24-15-9-21(10-16-24)28-25-26(20-7-13-23(35-3)14-8-20)30-31-27(25)29(33)32(28)18-17-19-5-11-22(34-2)12-6-19/h5-16,28H,4,17-18H2,1-3H3,(H,30,31). The summed E-state index contributed by atoms with van der Waals surface area (Å²) in [4.78, 5) is 15.5. The number of methoxy groups -OCH3 is 2. The second-order valence-electron chi connectivity index (χ2n) is 8.59. The summed E-state index contributed by atoms with van der Waals surface area (Å²) in [5.41, 5.74) is 5.27. The number of hydrogen-bond donors (Lipinski definition) is 1. The third-order valence-corrected chi connectivity index (χ3v) is 6.53. The molecule has 1 aromatic heterocycles. The molecule has 0 bridgehead atoms. The predicted molar refractivity (Wildman–Crippen MR) is 138 cm³/mol. The highest BCUT2D eigenvalue weighted by atomic mass is 16.5. The zero-order valence-corrected chi connectivity index (χ0v) is 20.7. The van der Waals surface area contributed by atoms with E-state index in [0.29, 0.717) is 18.8 Å². The number of nitrogens with zero attached hydrogens (tertiary/aromatic N) is 2. The maximum atomic E-state index is 13.6. The molecule has 0 fully saturated rings. The Morgan fingerprint density at radius 3 is 2.08 bits per heavy atom. The minimum absolute atomic E-state index is 0.0512. The Morgan fingerprint density at radius 1 is 0.861 bits per heavy atom. The Morgan fingerprint density at radius 2 is 1.47 bits per heavy atom. The van der Waals surface area contributed by atoms with E-state index >= 15 is 0 Å². The number of aromatic amines is 1. The van der Waals surface area contributed by atoms with E-state index < -0.39 is 0 Å². The number of benzene rings is 3. The molecular weight excluding hydrogens is 454 g/mol. The molecule has 7 nitrogen and oxygen atoms in total. The predicted octanol–water partition coefficient (Wildman–Crippen LogP) is 5.28. The van der Waals surface area contributed by atoms with Crippen LogP contribution in [-0.4, -0.2) is 48.4 Å². The summed E-state index contributed by atoms with van der Waals surface area (Å²) in [6.45, 7) is 3.12. The second kappa shape index (κ2) is 10.2. The Labute approximate surface area is 210 Å². The summed E-state index contributed by atoms with van der Waals surface area (Å²) in [6.07, 6.45) is 0.721. The van der Waals surface area contributed by atoms with Gasteiger partial charge in [-0.2, -0.15) is 5.10 Å². The van der Waals surface area contributed by atoms with Gasteiger partial charge in [-0.05, 0) is 73.0 Å². The van der Waals surface area contributed by atoms with Crippen molar-refractivity contribution in [2.45, 2.75) is 19.4 Å². The van der Waals surface area contributed by atoms with Crippen molar-refractivity contribution in [3.63, 3.8) is 0 Å². The molecule has 5 rings (SSSR count). The number of amides is 1. The monoisotopic (exact) mass is 483 g/mol. The number of aromatic nitrogens is 2.